The van der Waals surface area contributed by atoms with E-state index in [0.717, 1.165) is 35.7 Å². The summed E-state index contributed by atoms with van der Waals surface area (Å²) in [6.45, 7) is 3.24. The average Bonchev–Trinajstić information content (AvgIpc) is 3.12. The van der Waals surface area contributed by atoms with Crippen LogP contribution in [0.2, 0.25) is 0 Å². The van der Waals surface area contributed by atoms with E-state index in [-0.39, 0.29) is 11.9 Å². The standard InChI is InChI=1S/C27H30BrNO5S2/c1-3-33-24(30)12-8-5-9-14-29-26(31)23(36-27(29)35)18-20-16-21(28)25(22(17-20)32-2)34-15-13-19-10-6-4-7-11-19/h4,6-7,10-11,16-18H,3,5,8-9,12-15H2,1-2H3/b23-18-. The fourth-order valence-corrected chi connectivity index (χ4v) is 5.55. The van der Waals surface area contributed by atoms with Crippen LogP contribution < -0.4 is 9.47 Å². The average molecular weight is 593 g/mol. The summed E-state index contributed by atoms with van der Waals surface area (Å²) in [5.41, 5.74) is 2.01. The largest absolute Gasteiger partial charge is 0.493 e. The van der Waals surface area contributed by atoms with Crippen molar-refractivity contribution in [3.63, 3.8) is 0 Å². The van der Waals surface area contributed by atoms with Crippen LogP contribution in [0.1, 0.15) is 43.7 Å². The van der Waals surface area contributed by atoms with E-state index in [1.54, 1.807) is 18.9 Å². The predicted molar refractivity (Wildman–Crippen MR) is 151 cm³/mol. The number of thiocarbonyl (C=S) groups is 1. The molecule has 1 heterocycles. The maximum absolute atomic E-state index is 13.0. The maximum atomic E-state index is 13.0. The molecule has 6 nitrogen and oxygen atoms in total. The lowest BCUT2D eigenvalue weighted by atomic mass is 10.1. The summed E-state index contributed by atoms with van der Waals surface area (Å²) < 4.78 is 17.8. The Kier molecular flexibility index (Phi) is 11.3. The fraction of sp³-hybridized carbons (Fsp3) is 0.370. The van der Waals surface area contributed by atoms with Crippen LogP contribution in [0.25, 0.3) is 6.08 Å². The van der Waals surface area contributed by atoms with E-state index in [4.69, 9.17) is 26.4 Å². The number of methoxy groups -OCH3 is 1. The zero-order valence-corrected chi connectivity index (χ0v) is 23.7. The molecule has 0 atom stereocenters. The number of esters is 1. The van der Waals surface area contributed by atoms with Crippen LogP contribution in [0.3, 0.4) is 0 Å². The molecule has 1 fully saturated rings. The first-order valence-corrected chi connectivity index (χ1v) is 13.9. The fourth-order valence-electron chi connectivity index (χ4n) is 3.67. The van der Waals surface area contributed by atoms with Gasteiger partial charge in [0.05, 0.1) is 29.7 Å². The number of nitrogens with zero attached hydrogens (tertiary/aromatic N) is 1. The number of rotatable bonds is 13. The van der Waals surface area contributed by atoms with Crippen molar-refractivity contribution < 1.29 is 23.8 Å². The normalized spacial score (nSPS) is 14.4. The highest BCUT2D eigenvalue weighted by molar-refractivity contribution is 9.10. The van der Waals surface area contributed by atoms with Gasteiger partial charge >= 0.3 is 5.97 Å². The molecule has 0 unspecified atom stereocenters. The van der Waals surface area contributed by atoms with Crippen molar-refractivity contribution >= 4 is 62.2 Å². The smallest absolute Gasteiger partial charge is 0.305 e. The molecule has 1 amide bonds. The molecule has 0 radical (unpaired) electrons. The van der Waals surface area contributed by atoms with Gasteiger partial charge in [-0.25, -0.2) is 0 Å². The number of unbranched alkanes of at least 4 members (excludes halogenated alkanes) is 2. The zero-order chi connectivity index (χ0) is 25.9. The number of hydrogen-bond donors (Lipinski definition) is 0. The van der Waals surface area contributed by atoms with Gasteiger partial charge in [-0.1, -0.05) is 60.7 Å². The van der Waals surface area contributed by atoms with Crippen LogP contribution in [-0.4, -0.2) is 48.0 Å². The van der Waals surface area contributed by atoms with Crippen LogP contribution in [-0.2, 0) is 20.7 Å². The molecule has 2 aromatic carbocycles. The lowest BCUT2D eigenvalue weighted by molar-refractivity contribution is -0.143. The van der Waals surface area contributed by atoms with Gasteiger partial charge in [-0.3, -0.25) is 14.5 Å². The molecule has 0 aliphatic carbocycles. The molecule has 1 saturated heterocycles. The van der Waals surface area contributed by atoms with Crippen molar-refractivity contribution in [3.8, 4) is 11.5 Å². The summed E-state index contributed by atoms with van der Waals surface area (Å²) in [5, 5.41) is 0. The third kappa shape index (κ3) is 8.08. The maximum Gasteiger partial charge on any atom is 0.305 e. The quantitative estimate of drug-likeness (QED) is 0.115. The van der Waals surface area contributed by atoms with Crippen LogP contribution in [0.4, 0.5) is 0 Å². The topological polar surface area (TPSA) is 65.1 Å². The van der Waals surface area contributed by atoms with Crippen LogP contribution >= 0.6 is 39.9 Å². The van der Waals surface area contributed by atoms with Crippen LogP contribution in [0.5, 0.6) is 11.5 Å². The zero-order valence-electron chi connectivity index (χ0n) is 20.5. The highest BCUT2D eigenvalue weighted by atomic mass is 79.9. The van der Waals surface area contributed by atoms with Crippen LogP contribution in [0, 0.1) is 0 Å². The number of carbonyl (C=O) groups is 2. The first kappa shape index (κ1) is 28.2. The highest BCUT2D eigenvalue weighted by Gasteiger charge is 2.31. The van der Waals surface area contributed by atoms with E-state index >= 15 is 0 Å². The van der Waals surface area contributed by atoms with Gasteiger partial charge in [0, 0.05) is 19.4 Å². The molecule has 2 aromatic rings. The van der Waals surface area contributed by atoms with Gasteiger partial charge in [0.2, 0.25) is 0 Å². The van der Waals surface area contributed by atoms with E-state index in [2.05, 4.69) is 28.1 Å². The third-order valence-electron chi connectivity index (χ3n) is 5.47. The summed E-state index contributed by atoms with van der Waals surface area (Å²) in [7, 11) is 1.59. The molecule has 1 aliphatic rings. The molecule has 1 aliphatic heterocycles. The molecule has 192 valence electrons. The van der Waals surface area contributed by atoms with Crippen molar-refractivity contribution in [3.05, 3.63) is 63.0 Å². The molecule has 36 heavy (non-hydrogen) atoms. The SMILES string of the molecule is CCOC(=O)CCCCCN1C(=O)/C(=C/c2cc(Br)c(OCCc3ccccc3)c(OC)c2)SC1=S. The lowest BCUT2D eigenvalue weighted by Crippen LogP contribution is -2.29. The molecular weight excluding hydrogens is 562 g/mol. The van der Waals surface area contributed by atoms with Gasteiger partial charge in [-0.15, -0.1) is 0 Å². The second-order valence-electron chi connectivity index (χ2n) is 8.07. The Hall–Kier alpha value is -2.36. The predicted octanol–water partition coefficient (Wildman–Crippen LogP) is 6.40. The summed E-state index contributed by atoms with van der Waals surface area (Å²) >= 11 is 10.3. The number of benzene rings is 2. The molecule has 0 saturated carbocycles. The first-order valence-electron chi connectivity index (χ1n) is 11.9. The van der Waals surface area contributed by atoms with E-state index in [1.165, 1.54) is 17.3 Å². The lowest BCUT2D eigenvalue weighted by Gasteiger charge is -2.14. The van der Waals surface area contributed by atoms with Crippen molar-refractivity contribution in [2.24, 2.45) is 0 Å². The first-order chi connectivity index (χ1) is 17.4. The van der Waals surface area contributed by atoms with Gasteiger partial charge in [0.15, 0.2) is 11.5 Å². The Balaban J connectivity index is 1.59. The Morgan fingerprint density at radius 1 is 1.17 bits per heavy atom. The Bertz CT molecular complexity index is 1110. The van der Waals surface area contributed by atoms with E-state index in [9.17, 15) is 9.59 Å². The van der Waals surface area contributed by atoms with E-state index < -0.39 is 0 Å². The Morgan fingerprint density at radius 2 is 1.94 bits per heavy atom. The summed E-state index contributed by atoms with van der Waals surface area (Å²) in [6.07, 6.45) is 5.33. The van der Waals surface area contributed by atoms with Gasteiger partial charge < -0.3 is 14.2 Å². The van der Waals surface area contributed by atoms with Crippen LogP contribution in [0.15, 0.2) is 51.8 Å². The number of thioether (sulfide) groups is 1. The van der Waals surface area contributed by atoms with Crippen molar-refractivity contribution in [1.82, 2.24) is 4.90 Å². The summed E-state index contributed by atoms with van der Waals surface area (Å²) in [4.78, 5) is 26.6. The molecule has 0 aromatic heterocycles. The third-order valence-corrected chi connectivity index (χ3v) is 7.44. The number of hydrogen-bond acceptors (Lipinski definition) is 7. The van der Waals surface area contributed by atoms with Crippen molar-refractivity contribution in [2.75, 3.05) is 26.9 Å². The van der Waals surface area contributed by atoms with Gasteiger partial charge in [-0.2, -0.15) is 0 Å². The molecule has 3 rings (SSSR count). The highest BCUT2D eigenvalue weighted by Crippen LogP contribution is 2.39. The van der Waals surface area contributed by atoms with Crippen molar-refractivity contribution in [2.45, 2.75) is 39.0 Å². The number of ether oxygens (including phenoxy) is 3. The molecule has 0 N–H and O–H groups in total. The second-order valence-corrected chi connectivity index (χ2v) is 10.6. The minimum Gasteiger partial charge on any atom is -0.493 e. The number of halogens is 1. The molecule has 0 bridgehead atoms. The summed E-state index contributed by atoms with van der Waals surface area (Å²) in [6, 6.07) is 13.9. The minimum absolute atomic E-state index is 0.103. The number of carbonyl (C=O) groups excluding carboxylic acids is 2. The Labute approximate surface area is 230 Å². The second kappa shape index (κ2) is 14.4. The molecule has 9 heteroatoms. The monoisotopic (exact) mass is 591 g/mol. The molecular formula is C27H30BrNO5S2. The van der Waals surface area contributed by atoms with E-state index in [0.29, 0.717) is 46.9 Å². The van der Waals surface area contributed by atoms with Crippen molar-refractivity contribution in [1.29, 1.82) is 0 Å². The van der Waals surface area contributed by atoms with E-state index in [1.807, 2.05) is 36.4 Å². The van der Waals surface area contributed by atoms with Gasteiger partial charge in [0.1, 0.15) is 4.32 Å². The number of amides is 1. The minimum atomic E-state index is -0.180. The van der Waals surface area contributed by atoms with Gasteiger partial charge in [-0.05, 0) is 65.0 Å². The van der Waals surface area contributed by atoms with Gasteiger partial charge in [0.25, 0.3) is 5.91 Å². The molecule has 0 spiro atoms. The Morgan fingerprint density at radius 3 is 2.67 bits per heavy atom. The summed E-state index contributed by atoms with van der Waals surface area (Å²) in [5.74, 6) is 0.927.